The minimum Gasteiger partial charge on any atom is -0.464 e. The number of hydrogen-bond acceptors (Lipinski definition) is 6. The largest absolute Gasteiger partial charge is 0.464 e. The predicted octanol–water partition coefficient (Wildman–Crippen LogP) is 3.35. The van der Waals surface area contributed by atoms with E-state index in [-0.39, 0.29) is 17.1 Å². The molecule has 0 aliphatic heterocycles. The van der Waals surface area contributed by atoms with Gasteiger partial charge in [-0.1, -0.05) is 20.8 Å². The molecule has 3 N–H and O–H groups in total. The molecule has 0 saturated carbocycles. The molecule has 2 rings (SSSR count). The molecule has 0 radical (unpaired) electrons. The number of benzene rings is 1. The zero-order valence-electron chi connectivity index (χ0n) is 17.9. The number of carbonyl (C=O) groups is 2. The Morgan fingerprint density at radius 2 is 2.00 bits per heavy atom. The number of aromatic nitrogens is 1. The zero-order valence-corrected chi connectivity index (χ0v) is 19.7. The van der Waals surface area contributed by atoms with Crippen LogP contribution in [-0.2, 0) is 14.6 Å². The average Bonchev–Trinajstić information content (AvgIpc) is 2.62. The third kappa shape index (κ3) is 5.85. The highest BCUT2D eigenvalue weighted by Gasteiger charge is 2.40. The van der Waals surface area contributed by atoms with Crippen LogP contribution in [0.25, 0.3) is 10.8 Å². The zero-order chi connectivity index (χ0) is 23.6. The van der Waals surface area contributed by atoms with Crippen LogP contribution in [0.3, 0.4) is 0 Å². The number of nitrogens with one attached hydrogen (secondary N) is 2. The number of rotatable bonds is 8. The van der Waals surface area contributed by atoms with Gasteiger partial charge in [0.15, 0.2) is 14.6 Å². The Morgan fingerprint density at radius 3 is 2.55 bits per heavy atom. The van der Waals surface area contributed by atoms with Gasteiger partial charge in [-0.05, 0) is 41.2 Å². The van der Waals surface area contributed by atoms with E-state index < -0.39 is 36.5 Å². The first-order chi connectivity index (χ1) is 14.2. The standard InChI is InChI=1S/C19H26FN3O6SSi/c1-19(2,3)31(4,5)29-17(10-22-30(27,28)23-18(25)26)13-8-16(20)15(11-24)12-6-7-21-9-14(12)13/h6-9,11,17,22-23H,10H2,1-5H3,(H,25,26). The van der Waals surface area contributed by atoms with Crippen molar-refractivity contribution in [2.75, 3.05) is 6.54 Å². The molecule has 0 bridgehead atoms. The summed E-state index contributed by atoms with van der Waals surface area (Å²) in [6, 6.07) is 2.62. The van der Waals surface area contributed by atoms with Gasteiger partial charge in [-0.25, -0.2) is 13.9 Å². The minimum absolute atomic E-state index is 0.139. The van der Waals surface area contributed by atoms with Crippen LogP contribution in [0.5, 0.6) is 0 Å². The highest BCUT2D eigenvalue weighted by molar-refractivity contribution is 7.88. The van der Waals surface area contributed by atoms with Crippen molar-refractivity contribution < 1.29 is 31.9 Å². The summed E-state index contributed by atoms with van der Waals surface area (Å²) in [5, 5.41) is 9.21. The summed E-state index contributed by atoms with van der Waals surface area (Å²) in [7, 11) is -6.87. The summed E-state index contributed by atoms with van der Waals surface area (Å²) in [6.45, 7) is 9.49. The summed E-state index contributed by atoms with van der Waals surface area (Å²) in [4.78, 5) is 26.2. The Morgan fingerprint density at radius 1 is 1.35 bits per heavy atom. The average molecular weight is 472 g/mol. The summed E-state index contributed by atoms with van der Waals surface area (Å²) in [5.74, 6) is -0.779. The third-order valence-corrected chi connectivity index (χ3v) is 10.8. The fraction of sp³-hybridized carbons (Fsp3) is 0.421. The molecule has 1 heterocycles. The maximum atomic E-state index is 14.7. The van der Waals surface area contributed by atoms with Crippen molar-refractivity contribution >= 4 is 41.7 Å². The second-order valence-corrected chi connectivity index (χ2v) is 14.8. The molecule has 9 nitrogen and oxygen atoms in total. The second-order valence-electron chi connectivity index (χ2n) is 8.53. The number of fused-ring (bicyclic) bond motifs is 1. The van der Waals surface area contributed by atoms with E-state index in [0.29, 0.717) is 22.6 Å². The number of pyridine rings is 1. The predicted molar refractivity (Wildman–Crippen MR) is 116 cm³/mol. The van der Waals surface area contributed by atoms with E-state index in [1.165, 1.54) is 23.2 Å². The molecule has 1 aromatic carbocycles. The highest BCUT2D eigenvalue weighted by Crippen LogP contribution is 2.41. The first kappa shape index (κ1) is 24.9. The van der Waals surface area contributed by atoms with Crippen LogP contribution in [0.1, 0.15) is 42.8 Å². The van der Waals surface area contributed by atoms with E-state index in [2.05, 4.69) is 9.71 Å². The van der Waals surface area contributed by atoms with Crippen molar-refractivity contribution in [2.24, 2.45) is 0 Å². The van der Waals surface area contributed by atoms with Gasteiger partial charge in [0.2, 0.25) is 0 Å². The van der Waals surface area contributed by atoms with Crippen molar-refractivity contribution in [2.45, 2.75) is 45.0 Å². The van der Waals surface area contributed by atoms with Gasteiger partial charge in [0, 0.05) is 24.3 Å². The number of hydrogen-bond donors (Lipinski definition) is 3. The van der Waals surface area contributed by atoms with Crippen LogP contribution < -0.4 is 9.44 Å². The molecule has 0 saturated heterocycles. The Balaban J connectivity index is 2.60. The first-order valence-corrected chi connectivity index (χ1v) is 13.8. The van der Waals surface area contributed by atoms with Gasteiger partial charge in [-0.3, -0.25) is 9.78 Å². The molecule has 0 fully saturated rings. The van der Waals surface area contributed by atoms with Crippen LogP contribution in [0.2, 0.25) is 18.1 Å². The van der Waals surface area contributed by atoms with Gasteiger partial charge < -0.3 is 9.53 Å². The lowest BCUT2D eigenvalue weighted by molar-refractivity contribution is 0.112. The van der Waals surface area contributed by atoms with Crippen LogP contribution in [0, 0.1) is 5.82 Å². The number of nitrogens with zero attached hydrogens (tertiary/aromatic N) is 1. The van der Waals surface area contributed by atoms with Crippen LogP contribution in [0.15, 0.2) is 24.5 Å². The molecular weight excluding hydrogens is 445 g/mol. The SMILES string of the molecule is CC(C)(C)[Si](C)(C)OC(CNS(=O)(=O)NC(=O)O)c1cc(F)c(C=O)c2ccncc12. The third-order valence-electron chi connectivity index (χ3n) is 5.35. The smallest absolute Gasteiger partial charge is 0.419 e. The molecule has 2 aromatic rings. The molecule has 1 atom stereocenters. The quantitative estimate of drug-likeness (QED) is 0.397. The lowest BCUT2D eigenvalue weighted by Gasteiger charge is -2.39. The Bertz CT molecular complexity index is 1100. The molecular formula is C19H26FN3O6SSi. The van der Waals surface area contributed by atoms with Crippen molar-refractivity contribution in [3.63, 3.8) is 0 Å². The maximum Gasteiger partial charge on any atom is 0.419 e. The highest BCUT2D eigenvalue weighted by atomic mass is 32.2. The summed E-state index contributed by atoms with van der Waals surface area (Å²) < 4.78 is 48.6. The van der Waals surface area contributed by atoms with Gasteiger partial charge in [0.1, 0.15) is 5.82 Å². The second kappa shape index (κ2) is 8.98. The van der Waals surface area contributed by atoms with Crippen LogP contribution >= 0.6 is 0 Å². The molecule has 0 spiro atoms. The topological polar surface area (TPSA) is 135 Å². The van der Waals surface area contributed by atoms with Crippen molar-refractivity contribution in [1.29, 1.82) is 0 Å². The van der Waals surface area contributed by atoms with E-state index >= 15 is 0 Å². The number of aldehydes is 1. The van der Waals surface area contributed by atoms with Crippen LogP contribution in [-0.4, -0.2) is 45.7 Å². The summed E-state index contributed by atoms with van der Waals surface area (Å²) >= 11 is 0. The van der Waals surface area contributed by atoms with Gasteiger partial charge >= 0.3 is 16.3 Å². The van der Waals surface area contributed by atoms with E-state index in [1.807, 2.05) is 33.9 Å². The molecule has 1 aromatic heterocycles. The molecule has 0 aliphatic rings. The van der Waals surface area contributed by atoms with E-state index in [4.69, 9.17) is 9.53 Å². The van der Waals surface area contributed by atoms with Crippen molar-refractivity contribution in [3.8, 4) is 0 Å². The van der Waals surface area contributed by atoms with E-state index in [0.717, 1.165) is 6.07 Å². The number of amides is 1. The number of carboxylic acid groups (broad SMARTS) is 1. The minimum atomic E-state index is -4.38. The van der Waals surface area contributed by atoms with Gasteiger partial charge in [0.05, 0.1) is 11.7 Å². The number of halogens is 1. The van der Waals surface area contributed by atoms with Gasteiger partial charge in [-0.2, -0.15) is 13.1 Å². The Hall–Kier alpha value is -2.41. The van der Waals surface area contributed by atoms with Crippen LogP contribution in [0.4, 0.5) is 9.18 Å². The van der Waals surface area contributed by atoms with Gasteiger partial charge in [-0.15, -0.1) is 0 Å². The molecule has 12 heteroatoms. The van der Waals surface area contributed by atoms with E-state index in [9.17, 15) is 22.4 Å². The lowest BCUT2D eigenvalue weighted by Crippen LogP contribution is -2.46. The summed E-state index contributed by atoms with van der Waals surface area (Å²) in [5.41, 5.74) is 0.161. The lowest BCUT2D eigenvalue weighted by atomic mass is 9.98. The fourth-order valence-electron chi connectivity index (χ4n) is 2.75. The molecule has 1 unspecified atom stereocenters. The van der Waals surface area contributed by atoms with Crippen molar-refractivity contribution in [1.82, 2.24) is 14.4 Å². The van der Waals surface area contributed by atoms with Crippen molar-refractivity contribution in [3.05, 3.63) is 41.5 Å². The maximum absolute atomic E-state index is 14.7. The Labute approximate surface area is 181 Å². The molecule has 0 aliphatic carbocycles. The Kier molecular flexibility index (Phi) is 7.20. The van der Waals surface area contributed by atoms with Gasteiger partial charge in [0.25, 0.3) is 0 Å². The molecule has 170 valence electrons. The normalized spacial score (nSPS) is 13.7. The monoisotopic (exact) mass is 471 g/mol. The fourth-order valence-corrected chi connectivity index (χ4v) is 4.70. The van der Waals surface area contributed by atoms with E-state index in [1.54, 1.807) is 0 Å². The molecule has 1 amide bonds. The summed E-state index contributed by atoms with van der Waals surface area (Å²) in [6.07, 6.45) is 0.564. The number of carbonyl (C=O) groups excluding carboxylic acids is 1. The first-order valence-electron chi connectivity index (χ1n) is 9.38. The molecule has 31 heavy (non-hydrogen) atoms.